The van der Waals surface area contributed by atoms with Crippen molar-refractivity contribution in [3.05, 3.63) is 65.2 Å². The van der Waals surface area contributed by atoms with E-state index in [0.717, 1.165) is 17.4 Å². The van der Waals surface area contributed by atoms with Gasteiger partial charge in [0.25, 0.3) is 6.71 Å². The van der Waals surface area contributed by atoms with Gasteiger partial charge in [-0.25, -0.2) is 0 Å². The van der Waals surface area contributed by atoms with Gasteiger partial charge in [-0.15, -0.1) is 0 Å². The van der Waals surface area contributed by atoms with E-state index in [-0.39, 0.29) is 23.0 Å². The van der Waals surface area contributed by atoms with Crippen molar-refractivity contribution in [1.29, 1.82) is 0 Å². The van der Waals surface area contributed by atoms with E-state index < -0.39 is 0 Å². The summed E-state index contributed by atoms with van der Waals surface area (Å²) in [5, 5.41) is 0. The van der Waals surface area contributed by atoms with Crippen LogP contribution in [0.4, 0.5) is 11.4 Å². The molecule has 2 saturated carbocycles. The molecule has 2 fully saturated rings. The molecule has 3 heteroatoms. The first kappa shape index (κ1) is 26.2. The Morgan fingerprint density at radius 2 is 1.45 bits per heavy atom. The van der Waals surface area contributed by atoms with Crippen molar-refractivity contribution in [2.24, 2.45) is 16.7 Å². The quantitative estimate of drug-likeness (QED) is 0.232. The molecule has 40 heavy (non-hydrogen) atoms. The minimum Gasteiger partial charge on any atom is -0.458 e. The minimum absolute atomic E-state index is 0.0716. The number of rotatable bonds is 1. The van der Waals surface area contributed by atoms with Crippen molar-refractivity contribution in [2.75, 3.05) is 4.90 Å². The van der Waals surface area contributed by atoms with Gasteiger partial charge in [-0.1, -0.05) is 86.6 Å². The molecule has 7 rings (SSSR count). The number of fused-ring (bicyclic) bond motifs is 6. The summed E-state index contributed by atoms with van der Waals surface area (Å²) in [7, 11) is 0. The first-order chi connectivity index (χ1) is 18.6. The van der Waals surface area contributed by atoms with E-state index >= 15 is 0 Å². The van der Waals surface area contributed by atoms with Gasteiger partial charge < -0.3 is 9.64 Å². The van der Waals surface area contributed by atoms with Crippen LogP contribution < -0.4 is 26.0 Å². The Balaban J connectivity index is 1.53. The van der Waals surface area contributed by atoms with Gasteiger partial charge in [-0.2, -0.15) is 0 Å². The van der Waals surface area contributed by atoms with Gasteiger partial charge >= 0.3 is 0 Å². The molecule has 2 heterocycles. The van der Waals surface area contributed by atoms with E-state index in [1.54, 1.807) is 0 Å². The van der Waals surface area contributed by atoms with Crippen LogP contribution in [-0.4, -0.2) is 12.8 Å². The third kappa shape index (κ3) is 3.55. The predicted molar refractivity (Wildman–Crippen MR) is 171 cm³/mol. The monoisotopic (exact) mass is 531 g/mol. The molecule has 0 N–H and O–H groups in total. The molecule has 3 aromatic carbocycles. The SMILES string of the molecule is Cc1cc2c3c(c1)N(C1C4(C)CCC(C4)C1(C)C)c1cc(C(C)(C)C)ccc1B3c1ccc(C(C)(C)C)cc1O2. The molecule has 0 aromatic heterocycles. The molecule has 2 nitrogen and oxygen atoms in total. The zero-order valence-electron chi connectivity index (χ0n) is 26.3. The summed E-state index contributed by atoms with van der Waals surface area (Å²) in [5.74, 6) is 2.84. The first-order valence-electron chi connectivity index (χ1n) is 15.5. The topological polar surface area (TPSA) is 12.5 Å². The number of aryl methyl sites for hydroxylation is 1. The third-order valence-electron chi connectivity index (χ3n) is 11.1. The largest absolute Gasteiger partial charge is 0.458 e. The van der Waals surface area contributed by atoms with Crippen LogP contribution in [0, 0.1) is 23.7 Å². The van der Waals surface area contributed by atoms with Gasteiger partial charge in [0.1, 0.15) is 11.5 Å². The molecule has 0 spiro atoms. The highest BCUT2D eigenvalue weighted by atomic mass is 16.5. The van der Waals surface area contributed by atoms with Gasteiger partial charge in [0.2, 0.25) is 0 Å². The first-order valence-corrected chi connectivity index (χ1v) is 15.5. The molecule has 3 atom stereocenters. The molecular weight excluding hydrogens is 485 g/mol. The zero-order valence-corrected chi connectivity index (χ0v) is 26.3. The normalized spacial score (nSPS) is 25.9. The van der Waals surface area contributed by atoms with E-state index in [9.17, 15) is 0 Å². The Hall–Kier alpha value is -2.68. The lowest BCUT2D eigenvalue weighted by molar-refractivity contribution is 0.140. The molecular formula is C37H46BNO. The summed E-state index contributed by atoms with van der Waals surface area (Å²) in [4.78, 5) is 2.81. The minimum atomic E-state index is 0.0716. The molecule has 3 aromatic rings. The summed E-state index contributed by atoms with van der Waals surface area (Å²) in [6.07, 6.45) is 4.02. The van der Waals surface area contributed by atoms with Gasteiger partial charge in [0.15, 0.2) is 0 Å². The molecule has 0 saturated heterocycles. The average Bonchev–Trinajstić information content (AvgIpc) is 3.34. The fourth-order valence-corrected chi connectivity index (χ4v) is 9.04. The molecule has 4 aliphatic rings. The van der Waals surface area contributed by atoms with Crippen molar-refractivity contribution >= 4 is 34.5 Å². The van der Waals surface area contributed by atoms with Gasteiger partial charge in [0, 0.05) is 17.4 Å². The van der Waals surface area contributed by atoms with Crippen LogP contribution >= 0.6 is 0 Å². The average molecular weight is 532 g/mol. The zero-order chi connectivity index (χ0) is 28.6. The number of benzene rings is 3. The maximum absolute atomic E-state index is 6.86. The van der Waals surface area contributed by atoms with Crippen LogP contribution in [-0.2, 0) is 10.8 Å². The second kappa shape index (κ2) is 7.99. The van der Waals surface area contributed by atoms with Crippen molar-refractivity contribution in [2.45, 2.75) is 105 Å². The lowest BCUT2D eigenvalue weighted by atomic mass is 9.34. The highest BCUT2D eigenvalue weighted by molar-refractivity contribution is 6.99. The highest BCUT2D eigenvalue weighted by Crippen LogP contribution is 2.65. The van der Waals surface area contributed by atoms with E-state index in [1.807, 2.05) is 0 Å². The predicted octanol–water partition coefficient (Wildman–Crippen LogP) is 7.88. The summed E-state index contributed by atoms with van der Waals surface area (Å²) < 4.78 is 6.86. The molecule has 2 bridgehead atoms. The molecule has 3 unspecified atom stereocenters. The maximum atomic E-state index is 6.86. The second-order valence-electron chi connectivity index (χ2n) is 16.4. The van der Waals surface area contributed by atoms with Gasteiger partial charge in [-0.05, 0) is 111 Å². The van der Waals surface area contributed by atoms with Crippen molar-refractivity contribution in [3.8, 4) is 11.5 Å². The highest BCUT2D eigenvalue weighted by Gasteiger charge is 2.62. The van der Waals surface area contributed by atoms with Crippen LogP contribution in [0.5, 0.6) is 11.5 Å². The molecule has 0 amide bonds. The van der Waals surface area contributed by atoms with Crippen molar-refractivity contribution < 1.29 is 4.74 Å². The Kier molecular flexibility index (Phi) is 5.24. The van der Waals surface area contributed by atoms with Crippen molar-refractivity contribution in [3.63, 3.8) is 0 Å². The van der Waals surface area contributed by atoms with Gasteiger partial charge in [-0.3, -0.25) is 0 Å². The summed E-state index contributed by atoms with van der Waals surface area (Å²) in [6, 6.07) is 19.6. The van der Waals surface area contributed by atoms with Crippen LogP contribution in [0.25, 0.3) is 0 Å². The lowest BCUT2D eigenvalue weighted by Crippen LogP contribution is -2.63. The van der Waals surface area contributed by atoms with Crippen molar-refractivity contribution in [1.82, 2.24) is 0 Å². The smallest absolute Gasteiger partial charge is 0.256 e. The van der Waals surface area contributed by atoms with E-state index in [2.05, 4.69) is 123 Å². The fraction of sp³-hybridized carbons (Fsp3) is 0.514. The molecule has 2 aliphatic carbocycles. The lowest BCUT2D eigenvalue weighted by Gasteiger charge is -2.53. The second-order valence-corrected chi connectivity index (χ2v) is 16.4. The molecule has 0 radical (unpaired) electrons. The third-order valence-corrected chi connectivity index (χ3v) is 11.1. The van der Waals surface area contributed by atoms with Crippen LogP contribution in [0.3, 0.4) is 0 Å². The van der Waals surface area contributed by atoms with E-state index in [0.29, 0.717) is 11.5 Å². The number of nitrogens with zero attached hydrogens (tertiary/aromatic N) is 1. The summed E-state index contributed by atoms with van der Waals surface area (Å²) in [5.41, 5.74) is 11.6. The Bertz CT molecular complexity index is 1550. The Morgan fingerprint density at radius 1 is 0.800 bits per heavy atom. The van der Waals surface area contributed by atoms with Crippen LogP contribution in [0.1, 0.15) is 98.3 Å². The molecule has 208 valence electrons. The van der Waals surface area contributed by atoms with Gasteiger partial charge in [0.05, 0.1) is 0 Å². The summed E-state index contributed by atoms with van der Waals surface area (Å²) in [6.45, 7) is 24.0. The summed E-state index contributed by atoms with van der Waals surface area (Å²) >= 11 is 0. The van der Waals surface area contributed by atoms with E-state index in [4.69, 9.17) is 4.74 Å². The number of hydrogen-bond donors (Lipinski definition) is 0. The van der Waals surface area contributed by atoms with Crippen LogP contribution in [0.2, 0.25) is 0 Å². The Morgan fingerprint density at radius 3 is 2.08 bits per heavy atom. The number of hydrogen-bond acceptors (Lipinski definition) is 2. The molecule has 2 aliphatic heterocycles. The van der Waals surface area contributed by atoms with Crippen LogP contribution in [0.15, 0.2) is 48.5 Å². The maximum Gasteiger partial charge on any atom is 0.256 e. The number of ether oxygens (including phenoxy) is 1. The van der Waals surface area contributed by atoms with E-state index in [1.165, 1.54) is 63.7 Å². The fourth-order valence-electron chi connectivity index (χ4n) is 9.04. The number of anilines is 2. The Labute approximate surface area is 242 Å². The standard InChI is InChI=1S/C37H46BNO/c1-22-17-29-32-31(18-22)40-30-20-24(35(5,6)7)12-14-27(30)38(32)26-13-11-23(34(2,3)4)19-28(26)39(29)33-36(8,9)25-15-16-37(33,10)21-25/h11-14,17-20,25,33H,15-16,21H2,1-10H3.